The highest BCUT2D eigenvalue weighted by atomic mass is 35.5. The zero-order valence-corrected chi connectivity index (χ0v) is 19.4. The number of aromatic nitrogens is 4. The Balaban J connectivity index is 1.32. The number of nitrogens with zero attached hydrogens (tertiary/aromatic N) is 5. The summed E-state index contributed by atoms with van der Waals surface area (Å²) < 4.78 is 13.5. The van der Waals surface area contributed by atoms with E-state index in [1.165, 1.54) is 0 Å². The van der Waals surface area contributed by atoms with E-state index in [2.05, 4.69) is 37.7 Å². The van der Waals surface area contributed by atoms with Gasteiger partial charge in [-0.25, -0.2) is 14.5 Å². The van der Waals surface area contributed by atoms with Gasteiger partial charge in [-0.15, -0.1) is 0 Å². The molecule has 0 amide bonds. The second kappa shape index (κ2) is 8.75. The zero-order valence-electron chi connectivity index (χ0n) is 18.6. The Kier molecular flexibility index (Phi) is 5.44. The number of benzene rings is 1. The van der Waals surface area contributed by atoms with Crippen molar-refractivity contribution < 1.29 is 9.47 Å². The first-order chi connectivity index (χ1) is 16.7. The van der Waals surface area contributed by atoms with Crippen LogP contribution in [0.3, 0.4) is 0 Å². The van der Waals surface area contributed by atoms with E-state index in [4.69, 9.17) is 26.1 Å². The van der Waals surface area contributed by atoms with Gasteiger partial charge in [0.1, 0.15) is 5.75 Å². The maximum Gasteiger partial charge on any atom is 0.227 e. The van der Waals surface area contributed by atoms with E-state index in [1.54, 1.807) is 24.0 Å². The molecule has 174 valence electrons. The Hall–Kier alpha value is -3.40. The second-order valence-electron chi connectivity index (χ2n) is 8.43. The number of methoxy groups -OCH3 is 1. The van der Waals surface area contributed by atoms with Crippen molar-refractivity contribution in [3.05, 3.63) is 60.0 Å². The van der Waals surface area contributed by atoms with Crippen LogP contribution < -0.4 is 20.3 Å². The van der Waals surface area contributed by atoms with Crippen molar-refractivity contribution >= 4 is 34.4 Å². The highest BCUT2D eigenvalue weighted by Gasteiger charge is 2.31. The Labute approximate surface area is 201 Å². The van der Waals surface area contributed by atoms with Crippen molar-refractivity contribution in [2.75, 3.05) is 43.5 Å². The van der Waals surface area contributed by atoms with Gasteiger partial charge in [-0.3, -0.25) is 0 Å². The molecule has 2 aliphatic rings. The van der Waals surface area contributed by atoms with Crippen molar-refractivity contribution in [1.82, 2.24) is 24.9 Å². The maximum atomic E-state index is 6.48. The van der Waals surface area contributed by atoms with E-state index < -0.39 is 0 Å². The fraction of sp³-hybridized carbons (Fsp3) is 0.292. The fourth-order valence-corrected chi connectivity index (χ4v) is 4.80. The van der Waals surface area contributed by atoms with Gasteiger partial charge < -0.3 is 25.0 Å². The third-order valence-corrected chi connectivity index (χ3v) is 6.47. The van der Waals surface area contributed by atoms with Crippen LogP contribution in [0.15, 0.2) is 55.0 Å². The van der Waals surface area contributed by atoms with E-state index in [-0.39, 0.29) is 12.2 Å². The van der Waals surface area contributed by atoms with Crippen LogP contribution in [-0.2, 0) is 4.74 Å². The molecule has 1 aromatic carbocycles. The standard InChI is InChI=1S/C24H24ClN7O2/c1-33-22-6-5-15(31-13-16-9-26-10-17(14-31)34-16)8-20(22)29-24-27-12-19(25)23(30-24)18-11-28-32-7-3-2-4-21(18)32/h2-8,11-12,16-17,26H,9-10,13-14H2,1H3,(H,27,29,30). The molecule has 0 aliphatic carbocycles. The molecule has 0 spiro atoms. The molecule has 5 heterocycles. The van der Waals surface area contributed by atoms with E-state index in [1.807, 2.05) is 30.5 Å². The Morgan fingerprint density at radius 1 is 1.15 bits per heavy atom. The molecule has 0 saturated carbocycles. The molecule has 10 heteroatoms. The molecule has 3 aromatic heterocycles. The predicted molar refractivity (Wildman–Crippen MR) is 131 cm³/mol. The largest absolute Gasteiger partial charge is 0.495 e. The Morgan fingerprint density at radius 3 is 2.82 bits per heavy atom. The minimum absolute atomic E-state index is 0.194. The summed E-state index contributed by atoms with van der Waals surface area (Å²) in [6.45, 7) is 3.43. The SMILES string of the molecule is COc1ccc(N2CC3CNCC(C2)O3)cc1Nc1ncc(Cl)c(-c2cnn3ccccc23)n1. The second-order valence-corrected chi connectivity index (χ2v) is 8.84. The molecule has 2 bridgehead atoms. The number of hydrogen-bond acceptors (Lipinski definition) is 8. The van der Waals surface area contributed by atoms with Crippen LogP contribution in [0.4, 0.5) is 17.3 Å². The molecule has 2 unspecified atom stereocenters. The van der Waals surface area contributed by atoms with Gasteiger partial charge in [0, 0.05) is 43.6 Å². The quantitative estimate of drug-likeness (QED) is 0.452. The van der Waals surface area contributed by atoms with Crippen LogP contribution in [0.2, 0.25) is 5.02 Å². The molecule has 2 fully saturated rings. The summed E-state index contributed by atoms with van der Waals surface area (Å²) in [7, 11) is 1.65. The number of pyridine rings is 1. The number of morpholine rings is 2. The Morgan fingerprint density at radius 2 is 2.00 bits per heavy atom. The van der Waals surface area contributed by atoms with Gasteiger partial charge in [-0.05, 0) is 30.3 Å². The van der Waals surface area contributed by atoms with Crippen molar-refractivity contribution in [1.29, 1.82) is 0 Å². The molecular formula is C24H24ClN7O2. The highest BCUT2D eigenvalue weighted by molar-refractivity contribution is 6.33. The summed E-state index contributed by atoms with van der Waals surface area (Å²) in [6.07, 6.45) is 5.64. The lowest BCUT2D eigenvalue weighted by Crippen LogP contribution is -2.58. The van der Waals surface area contributed by atoms with Gasteiger partial charge in [-0.2, -0.15) is 5.10 Å². The van der Waals surface area contributed by atoms with Crippen LogP contribution in [0, 0.1) is 0 Å². The van der Waals surface area contributed by atoms with E-state index in [0.29, 0.717) is 22.4 Å². The Bertz CT molecular complexity index is 1330. The van der Waals surface area contributed by atoms with Crippen LogP contribution in [-0.4, -0.2) is 65.1 Å². The van der Waals surface area contributed by atoms with Crippen LogP contribution in [0.25, 0.3) is 16.8 Å². The molecule has 34 heavy (non-hydrogen) atoms. The monoisotopic (exact) mass is 477 g/mol. The van der Waals surface area contributed by atoms with Gasteiger partial charge in [0.15, 0.2) is 0 Å². The number of rotatable bonds is 5. The van der Waals surface area contributed by atoms with Crippen molar-refractivity contribution in [3.63, 3.8) is 0 Å². The van der Waals surface area contributed by atoms with Crippen molar-refractivity contribution in [3.8, 4) is 17.0 Å². The molecule has 2 atom stereocenters. The molecule has 0 radical (unpaired) electrons. The highest BCUT2D eigenvalue weighted by Crippen LogP contribution is 2.34. The number of hydrogen-bond donors (Lipinski definition) is 2. The predicted octanol–water partition coefficient (Wildman–Crippen LogP) is 3.37. The summed E-state index contributed by atoms with van der Waals surface area (Å²) in [4.78, 5) is 11.5. The van der Waals surface area contributed by atoms with Gasteiger partial charge >= 0.3 is 0 Å². The van der Waals surface area contributed by atoms with E-state index in [9.17, 15) is 0 Å². The van der Waals surface area contributed by atoms with E-state index in [0.717, 1.165) is 48.6 Å². The normalized spacial score (nSPS) is 19.9. The van der Waals surface area contributed by atoms with Crippen LogP contribution in [0.1, 0.15) is 0 Å². The fourth-order valence-electron chi connectivity index (χ4n) is 4.61. The van der Waals surface area contributed by atoms with Gasteiger partial charge in [0.25, 0.3) is 0 Å². The first-order valence-electron chi connectivity index (χ1n) is 11.2. The lowest BCUT2D eigenvalue weighted by Gasteiger charge is -2.43. The van der Waals surface area contributed by atoms with Crippen LogP contribution >= 0.6 is 11.6 Å². The lowest BCUT2D eigenvalue weighted by atomic mass is 10.1. The summed E-state index contributed by atoms with van der Waals surface area (Å²) in [5.74, 6) is 1.13. The first kappa shape index (κ1) is 21.2. The summed E-state index contributed by atoms with van der Waals surface area (Å²) in [5.41, 5.74) is 4.25. The third-order valence-electron chi connectivity index (χ3n) is 6.20. The van der Waals surface area contributed by atoms with Gasteiger partial charge in [-0.1, -0.05) is 17.7 Å². The molecule has 2 saturated heterocycles. The number of fused-ring (bicyclic) bond motifs is 3. The lowest BCUT2D eigenvalue weighted by molar-refractivity contribution is -0.0483. The summed E-state index contributed by atoms with van der Waals surface area (Å²) >= 11 is 6.48. The summed E-state index contributed by atoms with van der Waals surface area (Å²) in [5, 5.41) is 11.6. The van der Waals surface area contributed by atoms with Crippen LogP contribution in [0.5, 0.6) is 5.75 Å². The maximum absolute atomic E-state index is 6.48. The van der Waals surface area contributed by atoms with Gasteiger partial charge in [0.2, 0.25) is 5.95 Å². The van der Waals surface area contributed by atoms with Crippen molar-refractivity contribution in [2.45, 2.75) is 12.2 Å². The summed E-state index contributed by atoms with van der Waals surface area (Å²) in [6, 6.07) is 12.0. The number of anilines is 3. The van der Waals surface area contributed by atoms with Gasteiger partial charge in [0.05, 0.1) is 53.6 Å². The average Bonchev–Trinajstić information content (AvgIpc) is 3.29. The number of ether oxygens (including phenoxy) is 2. The van der Waals surface area contributed by atoms with E-state index >= 15 is 0 Å². The minimum atomic E-state index is 0.194. The molecule has 2 aliphatic heterocycles. The first-order valence-corrected chi connectivity index (χ1v) is 11.6. The molecule has 6 rings (SSSR count). The minimum Gasteiger partial charge on any atom is -0.495 e. The molecular weight excluding hydrogens is 454 g/mol. The number of nitrogens with one attached hydrogen (secondary N) is 2. The number of halogens is 1. The topological polar surface area (TPSA) is 88.8 Å². The third kappa shape index (κ3) is 3.91. The zero-order chi connectivity index (χ0) is 23.1. The molecule has 4 aromatic rings. The average molecular weight is 478 g/mol. The smallest absolute Gasteiger partial charge is 0.227 e. The van der Waals surface area contributed by atoms with Crippen molar-refractivity contribution in [2.24, 2.45) is 0 Å². The molecule has 9 nitrogen and oxygen atoms in total. The molecule has 2 N–H and O–H groups in total.